The van der Waals surface area contributed by atoms with Crippen LogP contribution in [0.5, 0.6) is 0 Å². The highest BCUT2D eigenvalue weighted by molar-refractivity contribution is 7.99. The Kier molecular flexibility index (Phi) is 5.66. The van der Waals surface area contributed by atoms with E-state index in [0.29, 0.717) is 5.25 Å². The molecule has 0 amide bonds. The van der Waals surface area contributed by atoms with Gasteiger partial charge in [0.1, 0.15) is 0 Å². The smallest absolute Gasteiger partial charge is 0.0863 e. The number of aryl methyl sites for hydroxylation is 2. The molecule has 3 nitrogen and oxygen atoms in total. The Labute approximate surface area is 107 Å². The van der Waals surface area contributed by atoms with Gasteiger partial charge in [-0.2, -0.15) is 16.9 Å². The molecule has 0 saturated carbocycles. The lowest BCUT2D eigenvalue weighted by Gasteiger charge is -2.10. The number of aromatic nitrogens is 2. The van der Waals surface area contributed by atoms with Crippen molar-refractivity contribution in [3.05, 3.63) is 16.4 Å². The third-order valence-corrected chi connectivity index (χ3v) is 4.04. The van der Waals surface area contributed by atoms with Crippen molar-refractivity contribution in [3.8, 4) is 0 Å². The molecule has 0 radical (unpaired) electrons. The molecule has 0 spiro atoms. The summed E-state index contributed by atoms with van der Waals surface area (Å²) in [4.78, 5) is 0. The lowest BCUT2D eigenvalue weighted by molar-refractivity contribution is 0.622. The van der Waals surface area contributed by atoms with Crippen LogP contribution in [0.3, 0.4) is 0 Å². The molecule has 1 aromatic rings. The van der Waals surface area contributed by atoms with Crippen molar-refractivity contribution >= 4 is 23.4 Å². The normalized spacial score (nSPS) is 13.1. The monoisotopic (exact) mass is 261 g/mol. The van der Waals surface area contributed by atoms with Crippen LogP contribution in [0, 0.1) is 0 Å². The summed E-state index contributed by atoms with van der Waals surface area (Å²) < 4.78 is 1.87. The van der Waals surface area contributed by atoms with Gasteiger partial charge in [0.25, 0.3) is 0 Å². The molecule has 1 rings (SSSR count). The Morgan fingerprint density at radius 1 is 1.56 bits per heavy atom. The highest BCUT2D eigenvalue weighted by Crippen LogP contribution is 2.20. The van der Waals surface area contributed by atoms with Crippen LogP contribution in [-0.4, -0.2) is 27.8 Å². The van der Waals surface area contributed by atoms with E-state index in [-0.39, 0.29) is 0 Å². The summed E-state index contributed by atoms with van der Waals surface area (Å²) in [7, 11) is 1.94. The van der Waals surface area contributed by atoms with Crippen molar-refractivity contribution in [1.82, 2.24) is 15.1 Å². The first-order chi connectivity index (χ1) is 7.60. The molecule has 92 valence electrons. The van der Waals surface area contributed by atoms with E-state index in [2.05, 4.69) is 30.5 Å². The van der Waals surface area contributed by atoms with Crippen LogP contribution in [0.25, 0.3) is 0 Å². The Hall–Kier alpha value is -0.190. The predicted molar refractivity (Wildman–Crippen MR) is 72.3 cm³/mol. The zero-order valence-corrected chi connectivity index (χ0v) is 12.0. The van der Waals surface area contributed by atoms with E-state index in [4.69, 9.17) is 11.6 Å². The largest absolute Gasteiger partial charge is 0.310 e. The van der Waals surface area contributed by atoms with Gasteiger partial charge < -0.3 is 5.32 Å². The quantitative estimate of drug-likeness (QED) is 0.853. The average Bonchev–Trinajstić information content (AvgIpc) is 2.55. The second kappa shape index (κ2) is 6.52. The summed E-state index contributed by atoms with van der Waals surface area (Å²) >= 11 is 8.11. The predicted octanol–water partition coefficient (Wildman–Crippen LogP) is 2.48. The number of hydrogen-bond acceptors (Lipinski definition) is 3. The van der Waals surface area contributed by atoms with Gasteiger partial charge in [-0.25, -0.2) is 0 Å². The van der Waals surface area contributed by atoms with Crippen LogP contribution in [0.2, 0.25) is 5.02 Å². The van der Waals surface area contributed by atoms with E-state index >= 15 is 0 Å². The molecule has 5 heteroatoms. The summed E-state index contributed by atoms with van der Waals surface area (Å²) in [6.07, 6.45) is 3.01. The number of halogens is 1. The van der Waals surface area contributed by atoms with E-state index < -0.39 is 0 Å². The summed E-state index contributed by atoms with van der Waals surface area (Å²) in [5.74, 6) is 0. The molecule has 1 unspecified atom stereocenters. The number of nitrogens with zero attached hydrogens (tertiary/aromatic N) is 2. The van der Waals surface area contributed by atoms with Crippen molar-refractivity contribution in [3.63, 3.8) is 0 Å². The number of hydrogen-bond donors (Lipinski definition) is 1. The van der Waals surface area contributed by atoms with Gasteiger partial charge in [-0.1, -0.05) is 25.4 Å². The van der Waals surface area contributed by atoms with Gasteiger partial charge in [0.2, 0.25) is 0 Å². The molecule has 0 aliphatic heterocycles. The second-order valence-corrected chi connectivity index (χ2v) is 5.52. The van der Waals surface area contributed by atoms with E-state index in [1.165, 1.54) is 0 Å². The van der Waals surface area contributed by atoms with Crippen molar-refractivity contribution in [2.75, 3.05) is 12.8 Å². The first-order valence-electron chi connectivity index (χ1n) is 5.53. The molecule has 0 fully saturated rings. The van der Waals surface area contributed by atoms with Gasteiger partial charge in [0.15, 0.2) is 0 Å². The molecule has 0 bridgehead atoms. The Bertz CT molecular complexity index is 338. The van der Waals surface area contributed by atoms with Crippen LogP contribution >= 0.6 is 23.4 Å². The number of nitrogens with one attached hydrogen (secondary N) is 1. The fraction of sp³-hybridized carbons (Fsp3) is 0.727. The molecule has 0 saturated heterocycles. The Balaban J connectivity index is 2.56. The lowest BCUT2D eigenvalue weighted by Crippen LogP contribution is -2.23. The summed E-state index contributed by atoms with van der Waals surface area (Å²) in [6.45, 7) is 6.05. The standard InChI is InChI=1S/C11H20ClN3S/c1-5-9-11(12)10(15(3)14-9)7-13-6-8(2)16-4/h8,13H,5-7H2,1-4H3. The van der Waals surface area contributed by atoms with Crippen molar-refractivity contribution in [2.24, 2.45) is 7.05 Å². The minimum absolute atomic E-state index is 0.623. The van der Waals surface area contributed by atoms with E-state index in [1.807, 2.05) is 23.5 Å². The van der Waals surface area contributed by atoms with E-state index in [9.17, 15) is 0 Å². The lowest BCUT2D eigenvalue weighted by atomic mass is 10.3. The van der Waals surface area contributed by atoms with E-state index in [0.717, 1.165) is 35.9 Å². The van der Waals surface area contributed by atoms with Gasteiger partial charge in [0.05, 0.1) is 16.4 Å². The zero-order valence-electron chi connectivity index (χ0n) is 10.4. The van der Waals surface area contributed by atoms with Gasteiger partial charge in [-0.05, 0) is 12.7 Å². The molecule has 1 aromatic heterocycles. The van der Waals surface area contributed by atoms with Gasteiger partial charge in [0, 0.05) is 25.4 Å². The van der Waals surface area contributed by atoms with Crippen LogP contribution in [-0.2, 0) is 20.0 Å². The first kappa shape index (κ1) is 13.9. The summed E-state index contributed by atoms with van der Waals surface area (Å²) in [5.41, 5.74) is 2.06. The summed E-state index contributed by atoms with van der Waals surface area (Å²) in [5, 5.41) is 9.23. The fourth-order valence-corrected chi connectivity index (χ4v) is 2.13. The third kappa shape index (κ3) is 3.40. The van der Waals surface area contributed by atoms with Crippen molar-refractivity contribution < 1.29 is 0 Å². The van der Waals surface area contributed by atoms with Crippen LogP contribution in [0.15, 0.2) is 0 Å². The number of rotatable bonds is 6. The molecule has 16 heavy (non-hydrogen) atoms. The van der Waals surface area contributed by atoms with Crippen LogP contribution in [0.4, 0.5) is 0 Å². The fourth-order valence-electron chi connectivity index (χ4n) is 1.49. The molecule has 1 heterocycles. The molecule has 1 N–H and O–H groups in total. The second-order valence-electron chi connectivity index (χ2n) is 3.86. The number of thioether (sulfide) groups is 1. The Morgan fingerprint density at radius 3 is 2.75 bits per heavy atom. The maximum absolute atomic E-state index is 6.25. The van der Waals surface area contributed by atoms with Crippen molar-refractivity contribution in [2.45, 2.75) is 32.1 Å². The van der Waals surface area contributed by atoms with Crippen LogP contribution < -0.4 is 5.32 Å². The van der Waals surface area contributed by atoms with Gasteiger partial charge >= 0.3 is 0 Å². The first-order valence-corrected chi connectivity index (χ1v) is 7.20. The molecule has 0 aliphatic carbocycles. The Morgan fingerprint density at radius 2 is 2.25 bits per heavy atom. The SMILES string of the molecule is CCc1nn(C)c(CNCC(C)SC)c1Cl. The third-order valence-electron chi connectivity index (χ3n) is 2.63. The highest BCUT2D eigenvalue weighted by atomic mass is 35.5. The van der Waals surface area contributed by atoms with Gasteiger partial charge in [-0.3, -0.25) is 4.68 Å². The molecule has 1 atom stereocenters. The molecular formula is C11H20ClN3S. The minimum atomic E-state index is 0.623. The highest BCUT2D eigenvalue weighted by Gasteiger charge is 2.12. The molecular weight excluding hydrogens is 242 g/mol. The van der Waals surface area contributed by atoms with Gasteiger partial charge in [-0.15, -0.1) is 0 Å². The molecule has 0 aromatic carbocycles. The van der Waals surface area contributed by atoms with Crippen LogP contribution in [0.1, 0.15) is 25.2 Å². The summed E-state index contributed by atoms with van der Waals surface area (Å²) in [6, 6.07) is 0. The maximum atomic E-state index is 6.25. The zero-order chi connectivity index (χ0) is 12.1. The maximum Gasteiger partial charge on any atom is 0.0863 e. The minimum Gasteiger partial charge on any atom is -0.310 e. The average molecular weight is 262 g/mol. The van der Waals surface area contributed by atoms with Crippen molar-refractivity contribution in [1.29, 1.82) is 0 Å². The topological polar surface area (TPSA) is 29.9 Å². The van der Waals surface area contributed by atoms with E-state index in [1.54, 1.807) is 0 Å². The molecule has 0 aliphatic rings.